The topological polar surface area (TPSA) is 70.6 Å². The third-order valence-corrected chi connectivity index (χ3v) is 6.04. The monoisotopic (exact) mass is 393 g/mol. The highest BCUT2D eigenvalue weighted by atomic mass is 16.5. The number of amides is 1. The summed E-state index contributed by atoms with van der Waals surface area (Å²) < 4.78 is 5.39. The van der Waals surface area contributed by atoms with Gasteiger partial charge in [0.2, 0.25) is 5.91 Å². The molecule has 152 valence electrons. The van der Waals surface area contributed by atoms with Gasteiger partial charge in [-0.15, -0.1) is 0 Å². The summed E-state index contributed by atoms with van der Waals surface area (Å²) >= 11 is 0. The Bertz CT molecular complexity index is 882. The highest BCUT2D eigenvalue weighted by molar-refractivity contribution is 5.83. The molecule has 1 amide bonds. The molecule has 1 unspecified atom stereocenters. The number of morpholine rings is 1. The number of nitrogens with zero attached hydrogens (tertiary/aromatic N) is 4. The van der Waals surface area contributed by atoms with Crippen LogP contribution in [-0.2, 0) is 22.4 Å². The minimum Gasteiger partial charge on any atom is -0.378 e. The van der Waals surface area contributed by atoms with Crippen LogP contribution in [0, 0.1) is 0 Å². The Morgan fingerprint density at radius 2 is 1.90 bits per heavy atom. The van der Waals surface area contributed by atoms with Crippen molar-refractivity contribution in [3.63, 3.8) is 0 Å². The van der Waals surface area contributed by atoms with E-state index in [1.165, 1.54) is 11.3 Å². The van der Waals surface area contributed by atoms with Gasteiger partial charge in [-0.1, -0.05) is 30.3 Å². The average molecular weight is 393 g/mol. The summed E-state index contributed by atoms with van der Waals surface area (Å²) in [6.45, 7) is 4.89. The molecule has 2 aliphatic heterocycles. The molecule has 1 aromatic carbocycles. The molecule has 3 aliphatic rings. The summed E-state index contributed by atoms with van der Waals surface area (Å²) in [6, 6.07) is 9.97. The van der Waals surface area contributed by atoms with E-state index in [1.54, 1.807) is 0 Å². The number of hydrogen-bond acceptors (Lipinski definition) is 6. The first-order chi connectivity index (χ1) is 14.3. The molecule has 1 aliphatic carbocycles. The maximum Gasteiger partial charge on any atom is 0.241 e. The van der Waals surface area contributed by atoms with Gasteiger partial charge in [0, 0.05) is 49.5 Å². The summed E-state index contributed by atoms with van der Waals surface area (Å²) in [7, 11) is 0. The predicted molar refractivity (Wildman–Crippen MR) is 111 cm³/mol. The van der Waals surface area contributed by atoms with Crippen LogP contribution in [0.4, 0.5) is 5.82 Å². The molecule has 0 radical (unpaired) electrons. The Morgan fingerprint density at radius 3 is 2.72 bits per heavy atom. The lowest BCUT2D eigenvalue weighted by Crippen LogP contribution is -2.59. The van der Waals surface area contributed by atoms with Gasteiger partial charge in [0.25, 0.3) is 0 Å². The first-order valence-corrected chi connectivity index (χ1v) is 10.6. The number of carbonyl (C=O) groups excluding carboxylic acids is 1. The number of nitrogens with one attached hydrogen (secondary N) is 1. The number of piperazine rings is 1. The first-order valence-electron chi connectivity index (χ1n) is 10.6. The summed E-state index contributed by atoms with van der Waals surface area (Å²) in [6.07, 6.45) is 3.15. The molecule has 29 heavy (non-hydrogen) atoms. The fraction of sp³-hybridized carbons (Fsp3) is 0.500. The molecule has 7 nitrogen and oxygen atoms in total. The van der Waals surface area contributed by atoms with Crippen molar-refractivity contribution >= 4 is 11.7 Å². The Kier molecular flexibility index (Phi) is 5.16. The van der Waals surface area contributed by atoms with Gasteiger partial charge in [-0.05, 0) is 19.3 Å². The summed E-state index contributed by atoms with van der Waals surface area (Å²) in [5.41, 5.74) is 3.48. The minimum absolute atomic E-state index is 0.173. The van der Waals surface area contributed by atoms with Gasteiger partial charge in [0.05, 0.1) is 13.2 Å². The average Bonchev–Trinajstić information content (AvgIpc) is 3.28. The van der Waals surface area contributed by atoms with Crippen LogP contribution in [-0.4, -0.2) is 72.8 Å². The zero-order valence-corrected chi connectivity index (χ0v) is 16.6. The van der Waals surface area contributed by atoms with Gasteiger partial charge >= 0.3 is 0 Å². The Hall–Kier alpha value is -2.51. The molecule has 5 rings (SSSR count). The molecule has 7 heteroatoms. The lowest BCUT2D eigenvalue weighted by atomic mass is 10.1. The molecule has 0 saturated carbocycles. The van der Waals surface area contributed by atoms with E-state index < -0.39 is 0 Å². The fourth-order valence-electron chi connectivity index (χ4n) is 4.50. The van der Waals surface area contributed by atoms with E-state index in [2.05, 4.69) is 22.3 Å². The van der Waals surface area contributed by atoms with E-state index in [-0.39, 0.29) is 11.9 Å². The first kappa shape index (κ1) is 18.5. The number of rotatable bonds is 3. The number of fused-ring (bicyclic) bond motifs is 1. The van der Waals surface area contributed by atoms with Crippen LogP contribution in [0.2, 0.25) is 0 Å². The number of anilines is 1. The highest BCUT2D eigenvalue weighted by Crippen LogP contribution is 2.32. The third kappa shape index (κ3) is 3.72. The van der Waals surface area contributed by atoms with Crippen molar-refractivity contribution in [1.29, 1.82) is 0 Å². The number of hydrogen-bond donors (Lipinski definition) is 1. The van der Waals surface area contributed by atoms with Gasteiger partial charge < -0.3 is 19.9 Å². The molecule has 2 saturated heterocycles. The molecule has 3 heterocycles. The minimum atomic E-state index is -0.200. The molecule has 1 atom stereocenters. The third-order valence-electron chi connectivity index (χ3n) is 6.04. The van der Waals surface area contributed by atoms with Gasteiger partial charge in [-0.25, -0.2) is 9.97 Å². The van der Waals surface area contributed by atoms with Crippen molar-refractivity contribution in [1.82, 2.24) is 20.2 Å². The summed E-state index contributed by atoms with van der Waals surface area (Å²) in [4.78, 5) is 27.1. The van der Waals surface area contributed by atoms with Crippen molar-refractivity contribution in [2.45, 2.75) is 25.3 Å². The summed E-state index contributed by atoms with van der Waals surface area (Å²) in [5, 5.41) is 3.41. The second-order valence-corrected chi connectivity index (χ2v) is 7.91. The van der Waals surface area contributed by atoms with Crippen molar-refractivity contribution in [3.05, 3.63) is 41.6 Å². The number of benzene rings is 1. The van der Waals surface area contributed by atoms with Gasteiger partial charge in [-0.3, -0.25) is 4.79 Å². The zero-order valence-electron chi connectivity index (χ0n) is 16.6. The van der Waals surface area contributed by atoms with Crippen molar-refractivity contribution in [2.24, 2.45) is 0 Å². The van der Waals surface area contributed by atoms with E-state index in [9.17, 15) is 4.79 Å². The molecule has 0 bridgehead atoms. The van der Waals surface area contributed by atoms with Gasteiger partial charge in [0.1, 0.15) is 11.9 Å². The van der Waals surface area contributed by atoms with Crippen LogP contribution in [0.25, 0.3) is 11.4 Å². The van der Waals surface area contributed by atoms with Crippen LogP contribution < -0.4 is 10.2 Å². The largest absolute Gasteiger partial charge is 0.378 e. The zero-order chi connectivity index (χ0) is 19.6. The second-order valence-electron chi connectivity index (χ2n) is 7.91. The Labute approximate surface area is 171 Å². The van der Waals surface area contributed by atoms with E-state index in [4.69, 9.17) is 14.7 Å². The molecule has 0 spiro atoms. The van der Waals surface area contributed by atoms with Crippen molar-refractivity contribution < 1.29 is 9.53 Å². The Balaban J connectivity index is 1.42. The van der Waals surface area contributed by atoms with Crippen LogP contribution in [0.15, 0.2) is 30.3 Å². The maximum atomic E-state index is 13.0. The van der Waals surface area contributed by atoms with Crippen LogP contribution in [0.5, 0.6) is 0 Å². The number of aryl methyl sites for hydroxylation is 1. The van der Waals surface area contributed by atoms with Crippen molar-refractivity contribution in [3.8, 4) is 11.4 Å². The van der Waals surface area contributed by atoms with Gasteiger partial charge in [-0.2, -0.15) is 0 Å². The standard InChI is InChI=1S/C22H27N5O2/c28-22(26-11-13-29-14-12-26)19-15-27(10-9-23-19)21-17-7-4-8-18(17)24-20(25-21)16-5-2-1-3-6-16/h1-3,5-6,19,23H,4,7-15H2. The second kappa shape index (κ2) is 8.08. The van der Waals surface area contributed by atoms with E-state index in [1.807, 2.05) is 23.1 Å². The molecule has 2 fully saturated rings. The highest BCUT2D eigenvalue weighted by Gasteiger charge is 2.32. The SMILES string of the molecule is O=C(C1CN(c2nc(-c3ccccc3)nc3c2CCC3)CCN1)N1CCOCC1. The number of ether oxygens (including phenoxy) is 1. The van der Waals surface area contributed by atoms with E-state index >= 15 is 0 Å². The smallest absolute Gasteiger partial charge is 0.241 e. The van der Waals surface area contributed by atoms with Crippen LogP contribution in [0.1, 0.15) is 17.7 Å². The number of carbonyl (C=O) groups is 1. The predicted octanol–water partition coefficient (Wildman–Crippen LogP) is 1.27. The quantitative estimate of drug-likeness (QED) is 0.847. The molecular weight excluding hydrogens is 366 g/mol. The fourth-order valence-corrected chi connectivity index (χ4v) is 4.50. The number of aromatic nitrogens is 2. The maximum absolute atomic E-state index is 13.0. The molecule has 2 aromatic rings. The van der Waals surface area contributed by atoms with Gasteiger partial charge in [0.15, 0.2) is 5.82 Å². The normalized spacial score (nSPS) is 21.9. The summed E-state index contributed by atoms with van der Waals surface area (Å²) in [5.74, 6) is 1.98. The lowest BCUT2D eigenvalue weighted by Gasteiger charge is -2.38. The van der Waals surface area contributed by atoms with E-state index in [0.717, 1.165) is 49.6 Å². The van der Waals surface area contributed by atoms with Crippen LogP contribution in [0.3, 0.4) is 0 Å². The lowest BCUT2D eigenvalue weighted by molar-refractivity contribution is -0.137. The molecule has 1 aromatic heterocycles. The van der Waals surface area contributed by atoms with Crippen LogP contribution >= 0.6 is 0 Å². The van der Waals surface area contributed by atoms with E-state index in [0.29, 0.717) is 32.8 Å². The van der Waals surface area contributed by atoms with Crippen molar-refractivity contribution in [2.75, 3.05) is 50.8 Å². The Morgan fingerprint density at radius 1 is 1.07 bits per heavy atom. The molecule has 1 N–H and O–H groups in total. The molecular formula is C22H27N5O2.